The first-order valence-electron chi connectivity index (χ1n) is 5.21. The number of hydrogen-bond acceptors (Lipinski definition) is 1. The van der Waals surface area contributed by atoms with E-state index in [9.17, 15) is 4.79 Å². The Morgan fingerprint density at radius 1 is 1.27 bits per heavy atom. The van der Waals surface area contributed by atoms with Gasteiger partial charge in [0.15, 0.2) is 0 Å². The minimum absolute atomic E-state index is 0.101. The van der Waals surface area contributed by atoms with Gasteiger partial charge in [0.05, 0.1) is 0 Å². The second-order valence-corrected chi connectivity index (χ2v) is 4.12. The third-order valence-electron chi connectivity index (χ3n) is 2.78. The normalized spacial score (nSPS) is 14.7. The van der Waals surface area contributed by atoms with Crippen molar-refractivity contribution in [3.05, 3.63) is 35.4 Å². The van der Waals surface area contributed by atoms with Crippen LogP contribution in [0, 0.1) is 0 Å². The molecule has 0 fully saturated rings. The maximum Gasteiger partial charge on any atom is 0.319 e. The fraction of sp³-hybridized carbons (Fsp3) is 0.417. The van der Waals surface area contributed by atoms with Crippen molar-refractivity contribution in [1.82, 2.24) is 9.80 Å². The van der Waals surface area contributed by atoms with Crippen molar-refractivity contribution < 1.29 is 4.79 Å². The predicted molar refractivity (Wildman–Crippen MR) is 59.6 cm³/mol. The lowest BCUT2D eigenvalue weighted by molar-refractivity contribution is 0.165. The Labute approximate surface area is 90.3 Å². The van der Waals surface area contributed by atoms with Crippen LogP contribution in [0.4, 0.5) is 4.79 Å². The van der Waals surface area contributed by atoms with E-state index in [-0.39, 0.29) is 6.03 Å². The summed E-state index contributed by atoms with van der Waals surface area (Å²) in [5.41, 5.74) is 2.65. The van der Waals surface area contributed by atoms with Gasteiger partial charge in [-0.15, -0.1) is 0 Å². The van der Waals surface area contributed by atoms with Gasteiger partial charge < -0.3 is 9.80 Å². The third-order valence-corrected chi connectivity index (χ3v) is 2.78. The van der Waals surface area contributed by atoms with Gasteiger partial charge in [0.25, 0.3) is 0 Å². The van der Waals surface area contributed by atoms with Gasteiger partial charge in [-0.3, -0.25) is 0 Å². The average molecular weight is 204 g/mol. The van der Waals surface area contributed by atoms with Gasteiger partial charge in [0.1, 0.15) is 0 Å². The molecule has 0 atom stereocenters. The van der Waals surface area contributed by atoms with E-state index in [4.69, 9.17) is 0 Å². The van der Waals surface area contributed by atoms with E-state index in [2.05, 4.69) is 18.2 Å². The summed E-state index contributed by atoms with van der Waals surface area (Å²) in [6, 6.07) is 8.44. The molecule has 2 rings (SSSR count). The lowest BCUT2D eigenvalue weighted by Gasteiger charge is -2.30. The van der Waals surface area contributed by atoms with Crippen molar-refractivity contribution in [1.29, 1.82) is 0 Å². The Hall–Kier alpha value is -1.51. The predicted octanol–water partition coefficient (Wildman–Crippen LogP) is 1.73. The van der Waals surface area contributed by atoms with Crippen LogP contribution in [-0.2, 0) is 13.0 Å². The fourth-order valence-corrected chi connectivity index (χ4v) is 1.94. The van der Waals surface area contributed by atoms with Gasteiger partial charge in [-0.2, -0.15) is 0 Å². The number of carbonyl (C=O) groups excluding carboxylic acids is 1. The maximum absolute atomic E-state index is 11.8. The van der Waals surface area contributed by atoms with E-state index in [1.54, 1.807) is 19.0 Å². The molecule has 0 saturated carbocycles. The Kier molecular flexibility index (Phi) is 2.62. The standard InChI is InChI=1S/C12H16N2O/c1-13(2)12(15)14-8-7-10-5-3-4-6-11(10)9-14/h3-6H,7-9H2,1-2H3. The summed E-state index contributed by atoms with van der Waals surface area (Å²) >= 11 is 0. The summed E-state index contributed by atoms with van der Waals surface area (Å²) in [5, 5.41) is 0. The number of nitrogens with zero attached hydrogens (tertiary/aromatic N) is 2. The molecular formula is C12H16N2O. The smallest absolute Gasteiger partial charge is 0.319 e. The van der Waals surface area contributed by atoms with E-state index >= 15 is 0 Å². The first-order chi connectivity index (χ1) is 7.18. The molecule has 0 radical (unpaired) electrons. The number of urea groups is 1. The molecule has 3 nitrogen and oxygen atoms in total. The van der Waals surface area contributed by atoms with Crippen molar-refractivity contribution >= 4 is 6.03 Å². The average Bonchev–Trinajstić information content (AvgIpc) is 2.27. The topological polar surface area (TPSA) is 23.6 Å². The minimum Gasteiger partial charge on any atom is -0.331 e. The van der Waals surface area contributed by atoms with Gasteiger partial charge in [-0.25, -0.2) is 4.79 Å². The van der Waals surface area contributed by atoms with Crippen molar-refractivity contribution in [2.75, 3.05) is 20.6 Å². The maximum atomic E-state index is 11.8. The van der Waals surface area contributed by atoms with E-state index in [0.717, 1.165) is 19.5 Å². The summed E-state index contributed by atoms with van der Waals surface area (Å²) in [4.78, 5) is 15.3. The van der Waals surface area contributed by atoms with Crippen LogP contribution < -0.4 is 0 Å². The first kappa shape index (κ1) is 10.0. The lowest BCUT2D eigenvalue weighted by atomic mass is 10.0. The van der Waals surface area contributed by atoms with Crippen LogP contribution in [0.1, 0.15) is 11.1 Å². The Morgan fingerprint density at radius 2 is 1.93 bits per heavy atom. The highest BCUT2D eigenvalue weighted by molar-refractivity contribution is 5.74. The van der Waals surface area contributed by atoms with Crippen molar-refractivity contribution in [2.45, 2.75) is 13.0 Å². The Bertz CT molecular complexity index is 374. The molecule has 0 saturated heterocycles. The number of amides is 2. The summed E-state index contributed by atoms with van der Waals surface area (Å²) in [5.74, 6) is 0. The number of benzene rings is 1. The molecule has 0 bridgehead atoms. The second-order valence-electron chi connectivity index (χ2n) is 4.12. The highest BCUT2D eigenvalue weighted by atomic mass is 16.2. The van der Waals surface area contributed by atoms with Crippen LogP contribution in [0.25, 0.3) is 0 Å². The van der Waals surface area contributed by atoms with E-state index in [1.807, 2.05) is 11.0 Å². The van der Waals surface area contributed by atoms with Gasteiger partial charge >= 0.3 is 6.03 Å². The first-order valence-corrected chi connectivity index (χ1v) is 5.21. The third kappa shape index (κ3) is 1.96. The summed E-state index contributed by atoms with van der Waals surface area (Å²) in [6.07, 6.45) is 0.968. The summed E-state index contributed by atoms with van der Waals surface area (Å²) in [6.45, 7) is 1.57. The molecule has 1 aromatic rings. The molecule has 2 amide bonds. The molecule has 0 unspecified atom stereocenters. The molecular weight excluding hydrogens is 188 g/mol. The molecule has 1 aromatic carbocycles. The molecule has 0 aliphatic carbocycles. The molecule has 1 aliphatic heterocycles. The zero-order chi connectivity index (χ0) is 10.8. The van der Waals surface area contributed by atoms with E-state index in [1.165, 1.54) is 11.1 Å². The zero-order valence-electron chi connectivity index (χ0n) is 9.23. The molecule has 80 valence electrons. The van der Waals surface area contributed by atoms with Gasteiger partial charge in [-0.05, 0) is 17.5 Å². The van der Waals surface area contributed by atoms with Crippen molar-refractivity contribution in [3.8, 4) is 0 Å². The quantitative estimate of drug-likeness (QED) is 0.631. The molecule has 0 aromatic heterocycles. The Morgan fingerprint density at radius 3 is 2.60 bits per heavy atom. The lowest BCUT2D eigenvalue weighted by Crippen LogP contribution is -2.42. The number of carbonyl (C=O) groups is 1. The molecule has 0 N–H and O–H groups in total. The van der Waals surface area contributed by atoms with Crippen molar-refractivity contribution in [2.24, 2.45) is 0 Å². The molecule has 3 heteroatoms. The zero-order valence-corrected chi connectivity index (χ0v) is 9.23. The monoisotopic (exact) mass is 204 g/mol. The van der Waals surface area contributed by atoms with Crippen molar-refractivity contribution in [3.63, 3.8) is 0 Å². The van der Waals surface area contributed by atoms with Gasteiger partial charge in [0, 0.05) is 27.2 Å². The largest absolute Gasteiger partial charge is 0.331 e. The highest BCUT2D eigenvalue weighted by Crippen LogP contribution is 2.18. The van der Waals surface area contributed by atoms with Gasteiger partial charge in [-0.1, -0.05) is 24.3 Å². The van der Waals surface area contributed by atoms with Gasteiger partial charge in [0.2, 0.25) is 0 Å². The fourth-order valence-electron chi connectivity index (χ4n) is 1.94. The van der Waals surface area contributed by atoms with Crippen LogP contribution >= 0.6 is 0 Å². The van der Waals surface area contributed by atoms with Crippen LogP contribution in [0.5, 0.6) is 0 Å². The minimum atomic E-state index is 0.101. The van der Waals surface area contributed by atoms with Crippen LogP contribution in [0.15, 0.2) is 24.3 Å². The molecule has 0 spiro atoms. The number of hydrogen-bond donors (Lipinski definition) is 0. The number of fused-ring (bicyclic) bond motifs is 1. The molecule has 1 heterocycles. The molecule has 15 heavy (non-hydrogen) atoms. The molecule has 1 aliphatic rings. The van der Waals surface area contributed by atoms with Crippen LogP contribution in [0.3, 0.4) is 0 Å². The van der Waals surface area contributed by atoms with E-state index < -0.39 is 0 Å². The summed E-state index contributed by atoms with van der Waals surface area (Å²) in [7, 11) is 3.59. The Balaban J connectivity index is 2.15. The summed E-state index contributed by atoms with van der Waals surface area (Å²) < 4.78 is 0. The van der Waals surface area contributed by atoms with E-state index in [0.29, 0.717) is 0 Å². The highest BCUT2D eigenvalue weighted by Gasteiger charge is 2.20. The second kappa shape index (κ2) is 3.93. The van der Waals surface area contributed by atoms with Crippen LogP contribution in [0.2, 0.25) is 0 Å². The SMILES string of the molecule is CN(C)C(=O)N1CCc2ccccc2C1. The number of rotatable bonds is 0. The van der Waals surface area contributed by atoms with Crippen LogP contribution in [-0.4, -0.2) is 36.5 Å².